The second kappa shape index (κ2) is 7.69. The van der Waals surface area contributed by atoms with Gasteiger partial charge in [0.25, 0.3) is 0 Å². The maximum absolute atomic E-state index is 11.5. The Morgan fingerprint density at radius 2 is 1.62 bits per heavy atom. The molecule has 2 atom stereocenters. The van der Waals surface area contributed by atoms with Gasteiger partial charge in [0.05, 0.1) is 5.60 Å². The van der Waals surface area contributed by atoms with Crippen LogP contribution in [-0.2, 0) is 5.60 Å². The van der Waals surface area contributed by atoms with Crippen molar-refractivity contribution in [3.8, 4) is 0 Å². The van der Waals surface area contributed by atoms with E-state index in [0.29, 0.717) is 5.02 Å². The van der Waals surface area contributed by atoms with Crippen LogP contribution < -0.4 is 0 Å². The molecule has 3 heteroatoms. The van der Waals surface area contributed by atoms with Crippen LogP contribution >= 0.6 is 11.6 Å². The maximum atomic E-state index is 11.5. The molecule has 0 aliphatic carbocycles. The molecule has 0 unspecified atom stereocenters. The molecule has 1 N–H and O–H groups in total. The number of halogens is 1. The summed E-state index contributed by atoms with van der Waals surface area (Å²) >= 11 is 6.02. The summed E-state index contributed by atoms with van der Waals surface area (Å²) in [4.78, 5) is 2.49. The van der Waals surface area contributed by atoms with Crippen molar-refractivity contribution in [3.63, 3.8) is 0 Å². The lowest BCUT2D eigenvalue weighted by Crippen LogP contribution is -2.41. The Hall–Kier alpha value is -1.35. The zero-order valence-electron chi connectivity index (χ0n) is 14.3. The average Bonchev–Trinajstić information content (AvgIpc) is 2.61. The summed E-state index contributed by atoms with van der Waals surface area (Å²) in [7, 11) is 0. The highest BCUT2D eigenvalue weighted by molar-refractivity contribution is 6.30. The van der Waals surface area contributed by atoms with E-state index in [4.69, 9.17) is 11.6 Å². The van der Waals surface area contributed by atoms with Crippen molar-refractivity contribution < 1.29 is 5.11 Å². The van der Waals surface area contributed by atoms with Gasteiger partial charge in [0, 0.05) is 17.5 Å². The van der Waals surface area contributed by atoms with E-state index in [1.165, 1.54) is 24.8 Å². The van der Waals surface area contributed by atoms with Crippen molar-refractivity contribution in [2.45, 2.75) is 37.7 Å². The first-order chi connectivity index (χ1) is 11.6. The van der Waals surface area contributed by atoms with Gasteiger partial charge < -0.3 is 10.0 Å². The smallest absolute Gasteiger partial charge is 0.0949 e. The molecule has 0 bridgehead atoms. The van der Waals surface area contributed by atoms with Crippen LogP contribution in [0.2, 0.25) is 5.02 Å². The average molecular weight is 344 g/mol. The van der Waals surface area contributed by atoms with Crippen LogP contribution in [0.5, 0.6) is 0 Å². The van der Waals surface area contributed by atoms with Crippen LogP contribution in [0.4, 0.5) is 0 Å². The van der Waals surface area contributed by atoms with Gasteiger partial charge in [-0.3, -0.25) is 0 Å². The van der Waals surface area contributed by atoms with Crippen LogP contribution in [0.25, 0.3) is 0 Å². The summed E-state index contributed by atoms with van der Waals surface area (Å²) in [5.74, 6) is 0.0259. The quantitative estimate of drug-likeness (QED) is 0.841. The summed E-state index contributed by atoms with van der Waals surface area (Å²) in [5, 5.41) is 12.1. The number of hydrogen-bond donors (Lipinski definition) is 1. The van der Waals surface area contributed by atoms with Crippen LogP contribution in [0.3, 0.4) is 0 Å². The number of benzene rings is 2. The zero-order valence-corrected chi connectivity index (χ0v) is 15.0. The van der Waals surface area contributed by atoms with Gasteiger partial charge in [-0.25, -0.2) is 0 Å². The molecule has 0 radical (unpaired) electrons. The van der Waals surface area contributed by atoms with E-state index in [-0.39, 0.29) is 5.92 Å². The van der Waals surface area contributed by atoms with Crippen molar-refractivity contribution in [2.75, 3.05) is 19.6 Å². The Bertz CT molecular complexity index is 633. The molecule has 1 aliphatic rings. The predicted octanol–water partition coefficient (Wildman–Crippen LogP) is 4.82. The normalized spacial score (nSPS) is 19.6. The summed E-state index contributed by atoms with van der Waals surface area (Å²) in [6.45, 7) is 5.05. The highest BCUT2D eigenvalue weighted by Gasteiger charge is 2.36. The first kappa shape index (κ1) is 17.5. The minimum Gasteiger partial charge on any atom is -0.385 e. The van der Waals surface area contributed by atoms with Crippen molar-refractivity contribution in [3.05, 3.63) is 70.7 Å². The molecule has 2 aromatic carbocycles. The van der Waals surface area contributed by atoms with E-state index in [1.54, 1.807) is 0 Å². The third-order valence-electron chi connectivity index (χ3n) is 5.20. The molecule has 0 spiro atoms. The summed E-state index contributed by atoms with van der Waals surface area (Å²) in [5.41, 5.74) is 1.16. The monoisotopic (exact) mass is 343 g/mol. The Labute approximate surface area is 150 Å². The van der Waals surface area contributed by atoms with Gasteiger partial charge in [-0.1, -0.05) is 60.5 Å². The lowest BCUT2D eigenvalue weighted by atomic mass is 9.78. The van der Waals surface area contributed by atoms with Crippen molar-refractivity contribution >= 4 is 11.6 Å². The van der Waals surface area contributed by atoms with Gasteiger partial charge in [-0.05, 0) is 56.1 Å². The van der Waals surface area contributed by atoms with Gasteiger partial charge >= 0.3 is 0 Å². The van der Waals surface area contributed by atoms with E-state index in [2.05, 4.69) is 29.2 Å². The molecule has 24 heavy (non-hydrogen) atoms. The predicted molar refractivity (Wildman–Crippen MR) is 100 cm³/mol. The van der Waals surface area contributed by atoms with Crippen LogP contribution in [-0.4, -0.2) is 29.6 Å². The van der Waals surface area contributed by atoms with Crippen molar-refractivity contribution in [2.24, 2.45) is 0 Å². The highest BCUT2D eigenvalue weighted by atomic mass is 35.5. The molecule has 1 aliphatic heterocycles. The van der Waals surface area contributed by atoms with Gasteiger partial charge in [-0.15, -0.1) is 0 Å². The largest absolute Gasteiger partial charge is 0.385 e. The van der Waals surface area contributed by atoms with Gasteiger partial charge in [-0.2, -0.15) is 0 Å². The summed E-state index contributed by atoms with van der Waals surface area (Å²) < 4.78 is 0. The molecular weight excluding hydrogens is 318 g/mol. The molecule has 1 fully saturated rings. The highest BCUT2D eigenvalue weighted by Crippen LogP contribution is 2.38. The fourth-order valence-electron chi connectivity index (χ4n) is 3.68. The van der Waals surface area contributed by atoms with E-state index < -0.39 is 5.60 Å². The second-order valence-corrected chi connectivity index (χ2v) is 7.42. The molecule has 2 nitrogen and oxygen atoms in total. The summed E-state index contributed by atoms with van der Waals surface area (Å²) in [6.07, 6.45) is 3.83. The number of nitrogens with zero attached hydrogens (tertiary/aromatic N) is 1. The maximum Gasteiger partial charge on any atom is 0.0949 e. The van der Waals surface area contributed by atoms with E-state index in [0.717, 1.165) is 25.2 Å². The molecule has 2 aromatic rings. The van der Waals surface area contributed by atoms with Crippen molar-refractivity contribution in [1.82, 2.24) is 4.90 Å². The zero-order chi connectivity index (χ0) is 17.0. The SMILES string of the molecule is C[C@](O)(c1ccc(Cl)cc1)[C@@H](CN1CCCCC1)c1ccccc1. The Morgan fingerprint density at radius 3 is 2.25 bits per heavy atom. The minimum absolute atomic E-state index is 0.0259. The first-order valence-corrected chi connectivity index (χ1v) is 9.21. The first-order valence-electron chi connectivity index (χ1n) is 8.83. The molecule has 0 aromatic heterocycles. The third kappa shape index (κ3) is 4.00. The van der Waals surface area contributed by atoms with Crippen LogP contribution in [0.15, 0.2) is 54.6 Å². The number of piperidine rings is 1. The molecule has 0 saturated carbocycles. The molecule has 1 heterocycles. The topological polar surface area (TPSA) is 23.5 Å². The second-order valence-electron chi connectivity index (χ2n) is 6.98. The van der Waals surface area contributed by atoms with E-state index in [1.807, 2.05) is 37.3 Å². The molecule has 3 rings (SSSR count). The molecular formula is C21H26ClNO. The minimum atomic E-state index is -0.941. The Kier molecular flexibility index (Phi) is 5.60. The fourth-order valence-corrected chi connectivity index (χ4v) is 3.81. The number of rotatable bonds is 5. The summed E-state index contributed by atoms with van der Waals surface area (Å²) in [6, 6.07) is 18.0. The lowest BCUT2D eigenvalue weighted by Gasteiger charge is -2.38. The molecule has 128 valence electrons. The van der Waals surface area contributed by atoms with E-state index >= 15 is 0 Å². The molecule has 0 amide bonds. The third-order valence-corrected chi connectivity index (χ3v) is 5.45. The molecule has 1 saturated heterocycles. The Balaban J connectivity index is 1.91. The number of aliphatic hydroxyl groups is 1. The van der Waals surface area contributed by atoms with Crippen LogP contribution in [0, 0.1) is 0 Å². The van der Waals surface area contributed by atoms with Gasteiger partial charge in [0.2, 0.25) is 0 Å². The standard InChI is InChI=1S/C21H26ClNO/c1-21(24,18-10-12-19(22)13-11-18)20(17-8-4-2-5-9-17)16-23-14-6-3-7-15-23/h2,4-5,8-13,20,24H,3,6-7,14-16H2,1H3/t20-,21-/m0/s1. The van der Waals surface area contributed by atoms with Gasteiger partial charge in [0.1, 0.15) is 0 Å². The fraction of sp³-hybridized carbons (Fsp3) is 0.429. The van der Waals surface area contributed by atoms with E-state index in [9.17, 15) is 5.11 Å². The van der Waals surface area contributed by atoms with Crippen LogP contribution in [0.1, 0.15) is 43.2 Å². The number of likely N-dealkylation sites (tertiary alicyclic amines) is 1. The van der Waals surface area contributed by atoms with Crippen molar-refractivity contribution in [1.29, 1.82) is 0 Å². The lowest BCUT2D eigenvalue weighted by molar-refractivity contribution is 0.0107. The Morgan fingerprint density at radius 1 is 1.00 bits per heavy atom. The van der Waals surface area contributed by atoms with Gasteiger partial charge in [0.15, 0.2) is 0 Å². The number of hydrogen-bond acceptors (Lipinski definition) is 2.